The molecule has 1 nitrogen and oxygen atoms in total. The van der Waals surface area contributed by atoms with Gasteiger partial charge in [0.25, 0.3) is 0 Å². The first kappa shape index (κ1) is 14.6. The maximum Gasteiger partial charge on any atom is 0.00967 e. The molecule has 1 aliphatic carbocycles. The Labute approximate surface area is 118 Å². The SMILES string of the molecule is CCC(C)(CNC(C)(C)C)C1CC1c1ccccc1. The molecule has 0 amide bonds. The molecule has 0 radical (unpaired) electrons. The molecule has 1 N–H and O–H groups in total. The Kier molecular flexibility index (Phi) is 4.06. The summed E-state index contributed by atoms with van der Waals surface area (Å²) >= 11 is 0. The first-order valence-corrected chi connectivity index (χ1v) is 7.66. The van der Waals surface area contributed by atoms with E-state index in [0.29, 0.717) is 5.41 Å². The van der Waals surface area contributed by atoms with Crippen molar-refractivity contribution in [3.63, 3.8) is 0 Å². The Morgan fingerprint density at radius 2 is 1.74 bits per heavy atom. The Bertz CT molecular complexity index is 403. The molecule has 19 heavy (non-hydrogen) atoms. The molecule has 1 aromatic rings. The standard InChI is InChI=1S/C18H29N/c1-6-18(5,13-19-17(2,3)4)16-12-15(16)14-10-8-7-9-11-14/h7-11,15-16,19H,6,12-13H2,1-5H3. The van der Waals surface area contributed by atoms with Crippen LogP contribution < -0.4 is 5.32 Å². The van der Waals surface area contributed by atoms with Crippen molar-refractivity contribution in [2.45, 2.75) is 58.9 Å². The molecule has 3 unspecified atom stereocenters. The third-order valence-electron chi connectivity index (χ3n) is 4.74. The van der Waals surface area contributed by atoms with Gasteiger partial charge in [-0.2, -0.15) is 0 Å². The van der Waals surface area contributed by atoms with Crippen molar-refractivity contribution in [1.29, 1.82) is 0 Å². The Morgan fingerprint density at radius 1 is 1.11 bits per heavy atom. The first-order chi connectivity index (χ1) is 8.86. The molecule has 1 fully saturated rings. The lowest BCUT2D eigenvalue weighted by atomic mass is 9.79. The number of hydrogen-bond donors (Lipinski definition) is 1. The average Bonchev–Trinajstić information content (AvgIpc) is 3.17. The van der Waals surface area contributed by atoms with Gasteiger partial charge < -0.3 is 5.32 Å². The van der Waals surface area contributed by atoms with Crippen molar-refractivity contribution in [3.8, 4) is 0 Å². The van der Waals surface area contributed by atoms with Gasteiger partial charge in [-0.3, -0.25) is 0 Å². The van der Waals surface area contributed by atoms with Gasteiger partial charge in [-0.15, -0.1) is 0 Å². The van der Waals surface area contributed by atoms with Crippen molar-refractivity contribution in [2.24, 2.45) is 11.3 Å². The number of benzene rings is 1. The van der Waals surface area contributed by atoms with Crippen LogP contribution in [0.1, 0.15) is 58.9 Å². The highest BCUT2D eigenvalue weighted by molar-refractivity contribution is 5.27. The fourth-order valence-electron chi connectivity index (χ4n) is 3.02. The lowest BCUT2D eigenvalue weighted by Crippen LogP contribution is -2.43. The fourth-order valence-corrected chi connectivity index (χ4v) is 3.02. The van der Waals surface area contributed by atoms with E-state index in [1.807, 2.05) is 0 Å². The average molecular weight is 259 g/mol. The summed E-state index contributed by atoms with van der Waals surface area (Å²) in [5, 5.41) is 3.71. The second-order valence-electron chi connectivity index (χ2n) is 7.47. The summed E-state index contributed by atoms with van der Waals surface area (Å²) < 4.78 is 0. The summed E-state index contributed by atoms with van der Waals surface area (Å²) in [4.78, 5) is 0. The largest absolute Gasteiger partial charge is 0.312 e. The fraction of sp³-hybridized carbons (Fsp3) is 0.667. The minimum Gasteiger partial charge on any atom is -0.312 e. The van der Waals surface area contributed by atoms with E-state index >= 15 is 0 Å². The number of nitrogens with one attached hydrogen (secondary N) is 1. The van der Waals surface area contributed by atoms with Crippen molar-refractivity contribution in [3.05, 3.63) is 35.9 Å². The van der Waals surface area contributed by atoms with Crippen LogP contribution in [0.5, 0.6) is 0 Å². The molecule has 1 saturated carbocycles. The summed E-state index contributed by atoms with van der Waals surface area (Å²) in [6.45, 7) is 12.7. The summed E-state index contributed by atoms with van der Waals surface area (Å²) in [5.41, 5.74) is 2.17. The molecular formula is C18H29N. The molecular weight excluding hydrogens is 230 g/mol. The van der Waals surface area contributed by atoms with Gasteiger partial charge in [-0.05, 0) is 56.4 Å². The molecule has 0 spiro atoms. The lowest BCUT2D eigenvalue weighted by Gasteiger charge is -2.33. The minimum atomic E-state index is 0.216. The van der Waals surface area contributed by atoms with Crippen LogP contribution in [0, 0.1) is 11.3 Å². The first-order valence-electron chi connectivity index (χ1n) is 7.66. The molecule has 1 aromatic carbocycles. The van der Waals surface area contributed by atoms with E-state index in [-0.39, 0.29) is 5.54 Å². The van der Waals surface area contributed by atoms with E-state index in [4.69, 9.17) is 0 Å². The van der Waals surface area contributed by atoms with Crippen LogP contribution >= 0.6 is 0 Å². The van der Waals surface area contributed by atoms with Crippen LogP contribution in [0.15, 0.2) is 30.3 Å². The number of hydrogen-bond acceptors (Lipinski definition) is 1. The summed E-state index contributed by atoms with van der Waals surface area (Å²) in [7, 11) is 0. The van der Waals surface area contributed by atoms with Crippen molar-refractivity contribution >= 4 is 0 Å². The Morgan fingerprint density at radius 3 is 2.26 bits per heavy atom. The van der Waals surface area contributed by atoms with Gasteiger partial charge in [0.1, 0.15) is 0 Å². The monoisotopic (exact) mass is 259 g/mol. The highest BCUT2D eigenvalue weighted by atomic mass is 15.0. The second-order valence-corrected chi connectivity index (χ2v) is 7.47. The number of rotatable bonds is 5. The summed E-state index contributed by atoms with van der Waals surface area (Å²) in [6.07, 6.45) is 2.62. The summed E-state index contributed by atoms with van der Waals surface area (Å²) in [6, 6.07) is 11.0. The van der Waals surface area contributed by atoms with Gasteiger partial charge in [0.2, 0.25) is 0 Å². The minimum absolute atomic E-state index is 0.216. The molecule has 0 saturated heterocycles. The second kappa shape index (κ2) is 5.28. The van der Waals surface area contributed by atoms with Crippen LogP contribution in [0.25, 0.3) is 0 Å². The molecule has 0 heterocycles. The third kappa shape index (κ3) is 3.60. The quantitative estimate of drug-likeness (QED) is 0.815. The van der Waals surface area contributed by atoms with Crippen LogP contribution in [-0.4, -0.2) is 12.1 Å². The van der Waals surface area contributed by atoms with Crippen LogP contribution in [0.4, 0.5) is 0 Å². The van der Waals surface area contributed by atoms with Crippen molar-refractivity contribution < 1.29 is 0 Å². The molecule has 1 aliphatic rings. The van der Waals surface area contributed by atoms with Crippen molar-refractivity contribution in [1.82, 2.24) is 5.32 Å². The van der Waals surface area contributed by atoms with Crippen LogP contribution in [0.3, 0.4) is 0 Å². The normalized spacial score (nSPS) is 25.9. The van der Waals surface area contributed by atoms with E-state index in [1.165, 1.54) is 18.4 Å². The van der Waals surface area contributed by atoms with E-state index < -0.39 is 0 Å². The Balaban J connectivity index is 2.00. The van der Waals surface area contributed by atoms with E-state index in [9.17, 15) is 0 Å². The van der Waals surface area contributed by atoms with E-state index in [2.05, 4.69) is 70.3 Å². The molecule has 106 valence electrons. The molecule has 2 rings (SSSR count). The van der Waals surface area contributed by atoms with Crippen LogP contribution in [-0.2, 0) is 0 Å². The van der Waals surface area contributed by atoms with Crippen molar-refractivity contribution in [2.75, 3.05) is 6.54 Å². The highest BCUT2D eigenvalue weighted by Crippen LogP contribution is 2.58. The zero-order chi connectivity index (χ0) is 14.1. The molecule has 0 bridgehead atoms. The molecule has 0 aromatic heterocycles. The molecule has 1 heteroatoms. The molecule has 3 atom stereocenters. The van der Waals surface area contributed by atoms with Gasteiger partial charge in [-0.1, -0.05) is 44.2 Å². The topological polar surface area (TPSA) is 12.0 Å². The molecule has 0 aliphatic heterocycles. The predicted molar refractivity (Wildman–Crippen MR) is 83.4 cm³/mol. The van der Waals surface area contributed by atoms with Gasteiger partial charge in [-0.25, -0.2) is 0 Å². The van der Waals surface area contributed by atoms with Gasteiger partial charge >= 0.3 is 0 Å². The maximum atomic E-state index is 3.71. The zero-order valence-electron chi connectivity index (χ0n) is 13.2. The summed E-state index contributed by atoms with van der Waals surface area (Å²) in [5.74, 6) is 1.63. The van der Waals surface area contributed by atoms with E-state index in [1.54, 1.807) is 0 Å². The van der Waals surface area contributed by atoms with E-state index in [0.717, 1.165) is 18.4 Å². The maximum absolute atomic E-state index is 3.71. The van der Waals surface area contributed by atoms with Gasteiger partial charge in [0, 0.05) is 12.1 Å². The predicted octanol–water partition coefficient (Wildman–Crippen LogP) is 4.59. The lowest BCUT2D eigenvalue weighted by molar-refractivity contribution is 0.217. The Hall–Kier alpha value is -0.820. The van der Waals surface area contributed by atoms with Gasteiger partial charge in [0.15, 0.2) is 0 Å². The third-order valence-corrected chi connectivity index (χ3v) is 4.74. The highest BCUT2D eigenvalue weighted by Gasteiger charge is 2.49. The zero-order valence-corrected chi connectivity index (χ0v) is 13.2. The smallest absolute Gasteiger partial charge is 0.00967 e. The van der Waals surface area contributed by atoms with Gasteiger partial charge in [0.05, 0.1) is 0 Å². The van der Waals surface area contributed by atoms with Crippen LogP contribution in [0.2, 0.25) is 0 Å².